The van der Waals surface area contributed by atoms with Crippen molar-refractivity contribution in [1.82, 2.24) is 0 Å². The molecule has 0 bridgehead atoms. The van der Waals surface area contributed by atoms with Crippen LogP contribution in [0.2, 0.25) is 0 Å². The van der Waals surface area contributed by atoms with Crippen LogP contribution in [0.5, 0.6) is 0 Å². The first kappa shape index (κ1) is 8.74. The minimum atomic E-state index is -4.85. The molecule has 0 radical (unpaired) electrons. The van der Waals surface area contributed by atoms with Crippen LogP contribution in [0.15, 0.2) is 0 Å². The molecule has 0 aromatic carbocycles. The zero-order valence-electron chi connectivity index (χ0n) is 4.35. The van der Waals surface area contributed by atoms with E-state index in [1.165, 1.54) is 0 Å². The van der Waals surface area contributed by atoms with Crippen molar-refractivity contribution in [2.24, 2.45) is 0 Å². The van der Waals surface area contributed by atoms with Crippen molar-refractivity contribution in [3.63, 3.8) is 0 Å². The smallest absolute Gasteiger partial charge is 0.248 e. The van der Waals surface area contributed by atoms with E-state index >= 15 is 0 Å². The highest BCUT2D eigenvalue weighted by Crippen LogP contribution is 1.99. The van der Waals surface area contributed by atoms with Crippen molar-refractivity contribution in [3.8, 4) is 0 Å². The maximum absolute atomic E-state index is 11.6. The Kier molecular flexibility index (Phi) is 2.96. The quantitative estimate of drug-likeness (QED) is 0.569. The summed E-state index contributed by atoms with van der Waals surface area (Å²) < 4.78 is 53.2. The van der Waals surface area contributed by atoms with Crippen molar-refractivity contribution in [2.45, 2.75) is 6.17 Å². The van der Waals surface area contributed by atoms with Crippen molar-refractivity contribution in [3.05, 3.63) is 0 Å². The van der Waals surface area contributed by atoms with E-state index in [4.69, 9.17) is 0 Å². The van der Waals surface area contributed by atoms with Gasteiger partial charge in [-0.1, -0.05) is 0 Å². The minimum Gasteiger partial charge on any atom is -0.248 e. The third-order valence-electron chi connectivity index (χ3n) is 0.547. The molecule has 2 nitrogen and oxygen atoms in total. The maximum Gasteiger partial charge on any atom is 0.305 e. The molecular weight excluding hydrogens is 157 g/mol. The lowest BCUT2D eigenvalue weighted by molar-refractivity contribution is 0.281. The Balaban J connectivity index is 3.75. The highest BCUT2D eigenvalue weighted by Gasteiger charge is 2.16. The highest BCUT2D eigenvalue weighted by molar-refractivity contribution is 7.86. The fourth-order valence-electron chi connectivity index (χ4n) is 0.261. The zero-order valence-corrected chi connectivity index (χ0v) is 5.17. The lowest BCUT2D eigenvalue weighted by atomic mass is 10.5. The first-order chi connectivity index (χ1) is 3.95. The van der Waals surface area contributed by atoms with Crippen molar-refractivity contribution in [2.75, 3.05) is 12.4 Å². The molecule has 0 saturated carbocycles. The van der Waals surface area contributed by atoms with Crippen molar-refractivity contribution in [1.29, 1.82) is 0 Å². The van der Waals surface area contributed by atoms with Crippen LogP contribution < -0.4 is 0 Å². The van der Waals surface area contributed by atoms with E-state index in [0.717, 1.165) is 0 Å². The molecule has 0 aliphatic heterocycles. The standard InChI is InChI=1S/C3H5F3O2S/c4-1-3(5)2-9(6,7)8/h3H,1-2H2. The first-order valence-corrected chi connectivity index (χ1v) is 3.63. The fourth-order valence-corrected chi connectivity index (χ4v) is 0.782. The Morgan fingerprint density at radius 1 is 1.44 bits per heavy atom. The molecule has 0 N–H and O–H groups in total. The normalized spacial score (nSPS) is 15.4. The molecule has 0 aromatic heterocycles. The lowest BCUT2D eigenvalue weighted by Gasteiger charge is -1.95. The van der Waals surface area contributed by atoms with Gasteiger partial charge in [-0.05, 0) is 0 Å². The fraction of sp³-hybridized carbons (Fsp3) is 1.00. The molecule has 0 saturated heterocycles. The van der Waals surface area contributed by atoms with Crippen LogP contribution in [0.4, 0.5) is 12.7 Å². The maximum atomic E-state index is 11.6. The van der Waals surface area contributed by atoms with Crippen LogP contribution in [-0.4, -0.2) is 27.0 Å². The monoisotopic (exact) mass is 162 g/mol. The molecule has 0 aliphatic rings. The van der Waals surface area contributed by atoms with Crippen molar-refractivity contribution < 1.29 is 21.1 Å². The molecule has 0 aromatic rings. The van der Waals surface area contributed by atoms with Gasteiger partial charge in [0.2, 0.25) is 0 Å². The minimum absolute atomic E-state index is 1.39. The molecule has 0 heterocycles. The second-order valence-electron chi connectivity index (χ2n) is 1.46. The Hall–Kier alpha value is -0.260. The predicted octanol–water partition coefficient (Wildman–Crippen LogP) is 0.593. The largest absolute Gasteiger partial charge is 0.305 e. The van der Waals surface area contributed by atoms with Crippen LogP contribution in [0.25, 0.3) is 0 Å². The van der Waals surface area contributed by atoms with Gasteiger partial charge >= 0.3 is 10.2 Å². The zero-order chi connectivity index (χ0) is 7.49. The Labute approximate surface area is 50.9 Å². The number of rotatable bonds is 3. The number of alkyl halides is 2. The summed E-state index contributed by atoms with van der Waals surface area (Å²) in [6.45, 7) is -1.47. The number of hydrogen-bond donors (Lipinski definition) is 0. The van der Waals surface area contributed by atoms with Gasteiger partial charge in [-0.3, -0.25) is 0 Å². The SMILES string of the molecule is O=S(=O)(F)CC(F)CF. The molecule has 0 amide bonds. The summed E-state index contributed by atoms with van der Waals surface area (Å²) in [4.78, 5) is 0. The van der Waals surface area contributed by atoms with Crippen LogP contribution in [0, 0.1) is 0 Å². The topological polar surface area (TPSA) is 34.1 Å². The Morgan fingerprint density at radius 3 is 2.00 bits per heavy atom. The van der Waals surface area contributed by atoms with Gasteiger partial charge in [-0.25, -0.2) is 8.78 Å². The highest BCUT2D eigenvalue weighted by atomic mass is 32.3. The van der Waals surface area contributed by atoms with E-state index in [-0.39, 0.29) is 0 Å². The second-order valence-corrected chi connectivity index (χ2v) is 2.87. The predicted molar refractivity (Wildman–Crippen MR) is 25.8 cm³/mol. The average molecular weight is 162 g/mol. The van der Waals surface area contributed by atoms with Crippen LogP contribution in [0.3, 0.4) is 0 Å². The van der Waals surface area contributed by atoms with E-state index in [0.29, 0.717) is 0 Å². The summed E-state index contributed by atoms with van der Waals surface area (Å²) >= 11 is 0. The molecule has 6 heteroatoms. The molecule has 0 fully saturated rings. The van der Waals surface area contributed by atoms with E-state index in [1.54, 1.807) is 0 Å². The molecule has 56 valence electrons. The molecule has 1 atom stereocenters. The van der Waals surface area contributed by atoms with Crippen LogP contribution in [-0.2, 0) is 10.2 Å². The number of halogens is 3. The van der Waals surface area contributed by atoms with Crippen LogP contribution >= 0.6 is 0 Å². The summed E-state index contributed by atoms with van der Waals surface area (Å²) in [5.74, 6) is -1.39. The average Bonchev–Trinajstić information content (AvgIpc) is 1.62. The summed E-state index contributed by atoms with van der Waals surface area (Å²) in [6.07, 6.45) is -2.24. The first-order valence-electron chi connectivity index (χ1n) is 2.08. The number of hydrogen-bond acceptors (Lipinski definition) is 2. The van der Waals surface area contributed by atoms with Gasteiger partial charge in [0.15, 0.2) is 0 Å². The van der Waals surface area contributed by atoms with E-state index < -0.39 is 28.8 Å². The van der Waals surface area contributed by atoms with Gasteiger partial charge in [0.05, 0.1) is 0 Å². The molecular formula is C3H5F3O2S. The summed E-state index contributed by atoms with van der Waals surface area (Å²) in [7, 11) is -4.85. The molecule has 0 spiro atoms. The van der Waals surface area contributed by atoms with Gasteiger partial charge in [0, 0.05) is 0 Å². The van der Waals surface area contributed by atoms with Gasteiger partial charge in [-0.2, -0.15) is 8.42 Å². The molecule has 0 rings (SSSR count). The molecule has 1 unspecified atom stereocenters. The van der Waals surface area contributed by atoms with E-state index in [2.05, 4.69) is 0 Å². The van der Waals surface area contributed by atoms with Crippen molar-refractivity contribution >= 4 is 10.2 Å². The van der Waals surface area contributed by atoms with Gasteiger partial charge in [0.1, 0.15) is 18.6 Å². The summed E-state index contributed by atoms with van der Waals surface area (Å²) in [5, 5.41) is 0. The summed E-state index contributed by atoms with van der Waals surface area (Å²) in [6, 6.07) is 0. The third-order valence-corrected chi connectivity index (χ3v) is 1.31. The third kappa shape index (κ3) is 5.61. The van der Waals surface area contributed by atoms with E-state index in [9.17, 15) is 21.1 Å². The molecule has 9 heavy (non-hydrogen) atoms. The molecule has 0 aliphatic carbocycles. The van der Waals surface area contributed by atoms with Gasteiger partial charge < -0.3 is 0 Å². The lowest BCUT2D eigenvalue weighted by Crippen LogP contribution is -2.14. The Morgan fingerprint density at radius 2 is 1.89 bits per heavy atom. The van der Waals surface area contributed by atoms with E-state index in [1.807, 2.05) is 0 Å². The second kappa shape index (κ2) is 3.05. The summed E-state index contributed by atoms with van der Waals surface area (Å²) in [5.41, 5.74) is 0. The van der Waals surface area contributed by atoms with Crippen LogP contribution in [0.1, 0.15) is 0 Å². The Bertz CT molecular complexity index is 164. The van der Waals surface area contributed by atoms with Gasteiger partial charge in [0.25, 0.3) is 0 Å². The van der Waals surface area contributed by atoms with Gasteiger partial charge in [-0.15, -0.1) is 3.89 Å².